The van der Waals surface area contributed by atoms with Gasteiger partial charge in [-0.05, 0) is 42.3 Å². The molecule has 1 fully saturated rings. The molecule has 1 saturated heterocycles. The van der Waals surface area contributed by atoms with E-state index in [0.717, 1.165) is 11.1 Å². The number of carbonyl (C=O) groups is 2. The minimum absolute atomic E-state index is 0.1000. The number of nitrogens with zero attached hydrogens (tertiary/aromatic N) is 2. The van der Waals surface area contributed by atoms with Crippen LogP contribution in [0.3, 0.4) is 0 Å². The molecule has 4 N–H and O–H groups in total. The molecule has 1 aromatic carbocycles. The Bertz CT molecular complexity index is 1210. The van der Waals surface area contributed by atoms with Gasteiger partial charge < -0.3 is 25.7 Å². The molecule has 1 aliphatic rings. The lowest BCUT2D eigenvalue weighted by molar-refractivity contribution is 0.0302. The highest BCUT2D eigenvalue weighted by Crippen LogP contribution is 2.26. The molecule has 9 heteroatoms. The van der Waals surface area contributed by atoms with Crippen LogP contribution in [0.5, 0.6) is 0 Å². The van der Waals surface area contributed by atoms with E-state index in [1.807, 2.05) is 6.07 Å². The van der Waals surface area contributed by atoms with E-state index in [4.69, 9.17) is 10.5 Å². The number of nitrogens with one attached hydrogen (secondary N) is 2. The molecule has 164 valence electrons. The molecule has 0 aliphatic carbocycles. The Balaban J connectivity index is 1.56. The number of H-pyrrole nitrogens is 1. The van der Waals surface area contributed by atoms with Crippen molar-refractivity contribution < 1.29 is 14.3 Å². The maximum Gasteiger partial charge on any atom is 0.271 e. The van der Waals surface area contributed by atoms with Crippen LogP contribution in [0.15, 0.2) is 53.6 Å². The summed E-state index contributed by atoms with van der Waals surface area (Å²) in [5, 5.41) is 2.99. The molecule has 0 spiro atoms. The van der Waals surface area contributed by atoms with E-state index in [1.54, 1.807) is 48.4 Å². The van der Waals surface area contributed by atoms with Crippen molar-refractivity contribution in [2.75, 3.05) is 31.6 Å². The summed E-state index contributed by atoms with van der Waals surface area (Å²) in [6.07, 6.45) is 3.07. The summed E-state index contributed by atoms with van der Waals surface area (Å²) >= 11 is 0. The van der Waals surface area contributed by atoms with Crippen LogP contribution >= 0.6 is 0 Å². The highest BCUT2D eigenvalue weighted by molar-refractivity contribution is 5.96. The zero-order valence-electron chi connectivity index (χ0n) is 17.6. The molecule has 32 heavy (non-hydrogen) atoms. The van der Waals surface area contributed by atoms with Crippen LogP contribution in [0, 0.1) is 6.92 Å². The SMILES string of the molecule is Cc1c(C(N)=O)cccc1-c1c[nH]c(=O)c(Nc2ccc(C(=O)N3CCOCC3)cn2)c1. The van der Waals surface area contributed by atoms with Gasteiger partial charge >= 0.3 is 0 Å². The van der Waals surface area contributed by atoms with Crippen molar-refractivity contribution in [2.24, 2.45) is 5.73 Å². The second kappa shape index (κ2) is 9.03. The number of hydrogen-bond donors (Lipinski definition) is 3. The van der Waals surface area contributed by atoms with E-state index >= 15 is 0 Å². The van der Waals surface area contributed by atoms with Gasteiger partial charge in [-0.25, -0.2) is 4.98 Å². The fraction of sp³-hybridized carbons (Fsp3) is 0.217. The Morgan fingerprint density at radius 2 is 1.97 bits per heavy atom. The van der Waals surface area contributed by atoms with E-state index < -0.39 is 5.91 Å². The van der Waals surface area contributed by atoms with Crippen molar-refractivity contribution in [3.63, 3.8) is 0 Å². The number of amides is 2. The van der Waals surface area contributed by atoms with Crippen LogP contribution in [-0.4, -0.2) is 53.0 Å². The minimum Gasteiger partial charge on any atom is -0.378 e. The number of aromatic amines is 1. The zero-order chi connectivity index (χ0) is 22.7. The third-order valence-electron chi connectivity index (χ3n) is 5.38. The predicted octanol–water partition coefficient (Wildman–Crippen LogP) is 2.06. The van der Waals surface area contributed by atoms with E-state index in [9.17, 15) is 14.4 Å². The molecule has 0 saturated carbocycles. The fourth-order valence-corrected chi connectivity index (χ4v) is 3.63. The summed E-state index contributed by atoms with van der Waals surface area (Å²) in [5.41, 5.74) is 8.52. The van der Waals surface area contributed by atoms with Crippen molar-refractivity contribution in [1.82, 2.24) is 14.9 Å². The molecule has 0 radical (unpaired) electrons. The summed E-state index contributed by atoms with van der Waals surface area (Å²) in [5.74, 6) is -0.186. The number of rotatable bonds is 5. The standard InChI is InChI=1S/C23H23N5O4/c1-14-17(3-2-4-18(14)21(24)29)16-11-19(22(30)26-13-16)27-20-6-5-15(12-25-20)23(31)28-7-9-32-10-8-28/h2-6,11-13H,7-10H2,1H3,(H2,24,29)(H,25,27)(H,26,30). The normalized spacial score (nSPS) is 13.6. The number of ether oxygens (including phenoxy) is 1. The molecule has 2 aromatic heterocycles. The lowest BCUT2D eigenvalue weighted by atomic mass is 9.97. The second-order valence-corrected chi connectivity index (χ2v) is 7.44. The summed E-state index contributed by atoms with van der Waals surface area (Å²) in [4.78, 5) is 45.3. The number of aromatic nitrogens is 2. The largest absolute Gasteiger partial charge is 0.378 e. The highest BCUT2D eigenvalue weighted by Gasteiger charge is 2.19. The van der Waals surface area contributed by atoms with Crippen molar-refractivity contribution in [1.29, 1.82) is 0 Å². The molecule has 1 aliphatic heterocycles. The van der Waals surface area contributed by atoms with Crippen molar-refractivity contribution in [3.05, 3.63) is 75.8 Å². The zero-order valence-corrected chi connectivity index (χ0v) is 17.6. The number of nitrogens with two attached hydrogens (primary N) is 1. The van der Waals surface area contributed by atoms with E-state index in [-0.39, 0.29) is 17.2 Å². The Morgan fingerprint density at radius 3 is 2.66 bits per heavy atom. The first-order valence-corrected chi connectivity index (χ1v) is 10.2. The number of carbonyl (C=O) groups excluding carboxylic acids is 2. The molecule has 0 atom stereocenters. The number of benzene rings is 1. The quantitative estimate of drug-likeness (QED) is 0.565. The molecular formula is C23H23N5O4. The highest BCUT2D eigenvalue weighted by atomic mass is 16.5. The summed E-state index contributed by atoms with van der Waals surface area (Å²) in [7, 11) is 0. The Kier molecular flexibility index (Phi) is 6.00. The van der Waals surface area contributed by atoms with Gasteiger partial charge in [0, 0.05) is 36.6 Å². The number of pyridine rings is 2. The van der Waals surface area contributed by atoms with Gasteiger partial charge in [0.1, 0.15) is 11.5 Å². The van der Waals surface area contributed by atoms with Crippen LogP contribution in [0.2, 0.25) is 0 Å². The van der Waals surface area contributed by atoms with Crippen molar-refractivity contribution in [3.8, 4) is 11.1 Å². The topological polar surface area (TPSA) is 130 Å². The van der Waals surface area contributed by atoms with Crippen molar-refractivity contribution in [2.45, 2.75) is 6.92 Å². The molecule has 3 heterocycles. The van der Waals surface area contributed by atoms with Gasteiger partial charge in [0.2, 0.25) is 5.91 Å². The fourth-order valence-electron chi connectivity index (χ4n) is 3.63. The first kappa shape index (κ1) is 21.3. The average molecular weight is 433 g/mol. The van der Waals surface area contributed by atoms with Crippen LogP contribution in [0.25, 0.3) is 11.1 Å². The van der Waals surface area contributed by atoms with Crippen LogP contribution in [0.4, 0.5) is 11.5 Å². The predicted molar refractivity (Wildman–Crippen MR) is 120 cm³/mol. The summed E-state index contributed by atoms with van der Waals surface area (Å²) < 4.78 is 5.27. The Hall–Kier alpha value is -3.98. The molecule has 0 bridgehead atoms. The van der Waals surface area contributed by atoms with Gasteiger partial charge in [0.05, 0.1) is 18.8 Å². The first-order chi connectivity index (χ1) is 15.4. The number of primary amides is 1. The monoisotopic (exact) mass is 433 g/mol. The van der Waals surface area contributed by atoms with E-state index in [1.165, 1.54) is 6.20 Å². The molecule has 2 amide bonds. The third kappa shape index (κ3) is 4.37. The van der Waals surface area contributed by atoms with Gasteiger partial charge in [-0.1, -0.05) is 12.1 Å². The lowest BCUT2D eigenvalue weighted by Gasteiger charge is -2.26. The lowest BCUT2D eigenvalue weighted by Crippen LogP contribution is -2.40. The number of morpholine rings is 1. The minimum atomic E-state index is -0.511. The smallest absolute Gasteiger partial charge is 0.271 e. The average Bonchev–Trinajstić information content (AvgIpc) is 2.81. The molecular weight excluding hydrogens is 410 g/mol. The van der Waals surface area contributed by atoms with E-state index in [2.05, 4.69) is 15.3 Å². The van der Waals surface area contributed by atoms with Gasteiger partial charge in [0.25, 0.3) is 11.5 Å². The van der Waals surface area contributed by atoms with Gasteiger partial charge in [-0.2, -0.15) is 0 Å². The molecule has 9 nitrogen and oxygen atoms in total. The molecule has 4 rings (SSSR count). The molecule has 0 unspecified atom stereocenters. The second-order valence-electron chi connectivity index (χ2n) is 7.44. The summed E-state index contributed by atoms with van der Waals surface area (Å²) in [6.45, 7) is 3.97. The number of hydrogen-bond acceptors (Lipinski definition) is 6. The first-order valence-electron chi connectivity index (χ1n) is 10.2. The Labute approximate surface area is 184 Å². The number of anilines is 2. The van der Waals surface area contributed by atoms with Gasteiger partial charge in [0.15, 0.2) is 0 Å². The van der Waals surface area contributed by atoms with Gasteiger partial charge in [-0.15, -0.1) is 0 Å². The summed E-state index contributed by atoms with van der Waals surface area (Å²) in [6, 6.07) is 10.3. The third-order valence-corrected chi connectivity index (χ3v) is 5.38. The van der Waals surface area contributed by atoms with Crippen LogP contribution in [-0.2, 0) is 4.74 Å². The van der Waals surface area contributed by atoms with Gasteiger partial charge in [-0.3, -0.25) is 14.4 Å². The van der Waals surface area contributed by atoms with Crippen LogP contribution < -0.4 is 16.6 Å². The maximum atomic E-state index is 12.6. The Morgan fingerprint density at radius 1 is 1.19 bits per heavy atom. The molecule has 3 aromatic rings. The van der Waals surface area contributed by atoms with Crippen molar-refractivity contribution >= 4 is 23.3 Å². The van der Waals surface area contributed by atoms with Crippen LogP contribution in [0.1, 0.15) is 26.3 Å². The maximum absolute atomic E-state index is 12.6. The van der Waals surface area contributed by atoms with E-state index in [0.29, 0.717) is 48.8 Å².